The van der Waals surface area contributed by atoms with Crippen molar-refractivity contribution >= 4 is 23.9 Å². The monoisotopic (exact) mass is 326 g/mol. The van der Waals surface area contributed by atoms with Crippen molar-refractivity contribution in [3.05, 3.63) is 23.3 Å². The number of allylic oxidation sites excluding steroid dienone is 1. The van der Waals surface area contributed by atoms with Gasteiger partial charge in [-0.05, 0) is 32.1 Å². The number of carbonyl (C=O) groups is 4. The maximum absolute atomic E-state index is 11.3. The summed E-state index contributed by atoms with van der Waals surface area (Å²) in [5.41, 5.74) is -0.676. The Labute approximate surface area is 131 Å². The highest BCUT2D eigenvalue weighted by atomic mass is 16.4. The molecule has 1 aliphatic carbocycles. The van der Waals surface area contributed by atoms with E-state index in [0.717, 1.165) is 6.08 Å². The van der Waals surface area contributed by atoms with Crippen LogP contribution in [0.5, 0.6) is 0 Å². The molecule has 2 atom stereocenters. The van der Waals surface area contributed by atoms with Gasteiger partial charge in [-0.15, -0.1) is 0 Å². The van der Waals surface area contributed by atoms with Crippen molar-refractivity contribution in [3.8, 4) is 0 Å². The van der Waals surface area contributed by atoms with Crippen LogP contribution in [-0.4, -0.2) is 44.3 Å². The van der Waals surface area contributed by atoms with Crippen LogP contribution in [-0.2, 0) is 19.2 Å². The number of rotatable bonds is 4. The fraction of sp³-hybridized carbons (Fsp3) is 0.467. The summed E-state index contributed by atoms with van der Waals surface area (Å²) in [6, 6.07) is 0. The van der Waals surface area contributed by atoms with Crippen molar-refractivity contribution < 1.29 is 39.6 Å². The molecule has 0 radical (unpaired) electrons. The van der Waals surface area contributed by atoms with Crippen molar-refractivity contribution in [1.82, 2.24) is 0 Å². The Hall–Kier alpha value is -2.64. The van der Waals surface area contributed by atoms with Gasteiger partial charge in [-0.3, -0.25) is 9.59 Å². The molecule has 1 rings (SSSR count). The molecule has 0 aliphatic heterocycles. The van der Waals surface area contributed by atoms with E-state index in [1.807, 2.05) is 0 Å². The second-order valence-electron chi connectivity index (χ2n) is 5.26. The summed E-state index contributed by atoms with van der Waals surface area (Å²) in [5.74, 6) is -7.48. The summed E-state index contributed by atoms with van der Waals surface area (Å²) in [6.45, 7) is 0. The molecule has 0 aromatic heterocycles. The molecule has 126 valence electrons. The van der Waals surface area contributed by atoms with E-state index in [1.54, 1.807) is 0 Å². The van der Waals surface area contributed by atoms with Gasteiger partial charge in [-0.25, -0.2) is 9.59 Å². The molecule has 0 aromatic carbocycles. The topological polar surface area (TPSA) is 149 Å². The van der Waals surface area contributed by atoms with Gasteiger partial charge in [-0.2, -0.15) is 0 Å². The van der Waals surface area contributed by atoms with Crippen molar-refractivity contribution in [2.45, 2.75) is 32.1 Å². The molecular formula is C15H18O8. The van der Waals surface area contributed by atoms with Crippen molar-refractivity contribution in [2.75, 3.05) is 0 Å². The van der Waals surface area contributed by atoms with E-state index >= 15 is 0 Å². The van der Waals surface area contributed by atoms with E-state index in [0.29, 0.717) is 0 Å². The Kier molecular flexibility index (Phi) is 6.49. The lowest BCUT2D eigenvalue weighted by molar-refractivity contribution is -0.154. The van der Waals surface area contributed by atoms with Gasteiger partial charge in [-0.1, -0.05) is 12.2 Å². The highest BCUT2D eigenvalue weighted by Crippen LogP contribution is 2.27. The molecule has 0 bridgehead atoms. The highest BCUT2D eigenvalue weighted by molar-refractivity contribution is 6.00. The largest absolute Gasteiger partial charge is 0.481 e. The van der Waals surface area contributed by atoms with Crippen LogP contribution in [0, 0.1) is 11.8 Å². The first-order valence-corrected chi connectivity index (χ1v) is 7.07. The fourth-order valence-corrected chi connectivity index (χ4v) is 2.63. The lowest BCUT2D eigenvalue weighted by Gasteiger charge is -2.19. The van der Waals surface area contributed by atoms with Crippen LogP contribution in [0.1, 0.15) is 32.1 Å². The Morgan fingerprint density at radius 1 is 0.870 bits per heavy atom. The molecule has 0 fully saturated rings. The second kappa shape index (κ2) is 8.11. The van der Waals surface area contributed by atoms with Crippen molar-refractivity contribution in [2.24, 2.45) is 11.8 Å². The van der Waals surface area contributed by atoms with Crippen molar-refractivity contribution in [1.29, 1.82) is 0 Å². The molecule has 1 aliphatic rings. The van der Waals surface area contributed by atoms with E-state index in [4.69, 9.17) is 10.2 Å². The standard InChI is InChI=1S/C15H18O8/c16-12(17)8-4-1-2-5-9(13(18)19)11(15(22)23)7-3-6-10(8)14(20)21/h1,4,9,11H,2-3,5-7H2,(H,16,17)(H,18,19)(H,20,21)(H,22,23). The molecule has 0 heterocycles. The van der Waals surface area contributed by atoms with Crippen LogP contribution in [0.4, 0.5) is 0 Å². The van der Waals surface area contributed by atoms with Crippen LogP contribution in [0.25, 0.3) is 0 Å². The van der Waals surface area contributed by atoms with Gasteiger partial charge in [0.25, 0.3) is 0 Å². The van der Waals surface area contributed by atoms with E-state index in [-0.39, 0.29) is 43.3 Å². The molecule has 2 unspecified atom stereocenters. The van der Waals surface area contributed by atoms with E-state index in [1.165, 1.54) is 6.08 Å². The second-order valence-corrected chi connectivity index (χ2v) is 5.26. The van der Waals surface area contributed by atoms with Gasteiger partial charge >= 0.3 is 23.9 Å². The molecule has 23 heavy (non-hydrogen) atoms. The Morgan fingerprint density at radius 3 is 1.91 bits per heavy atom. The molecular weight excluding hydrogens is 308 g/mol. The summed E-state index contributed by atoms with van der Waals surface area (Å²) in [4.78, 5) is 45.0. The van der Waals surface area contributed by atoms with Gasteiger partial charge in [0.05, 0.1) is 23.0 Å². The number of carboxylic acid groups (broad SMARTS) is 4. The smallest absolute Gasteiger partial charge is 0.336 e. The van der Waals surface area contributed by atoms with Crippen LogP contribution >= 0.6 is 0 Å². The van der Waals surface area contributed by atoms with E-state index in [9.17, 15) is 29.4 Å². The zero-order valence-electron chi connectivity index (χ0n) is 12.3. The first-order valence-electron chi connectivity index (χ1n) is 7.07. The van der Waals surface area contributed by atoms with Crippen LogP contribution in [0.3, 0.4) is 0 Å². The number of aliphatic carboxylic acids is 4. The van der Waals surface area contributed by atoms with Crippen molar-refractivity contribution in [3.63, 3.8) is 0 Å². The molecule has 0 saturated carbocycles. The minimum absolute atomic E-state index is 0.0318. The Morgan fingerprint density at radius 2 is 1.43 bits per heavy atom. The predicted molar refractivity (Wildman–Crippen MR) is 76.8 cm³/mol. The van der Waals surface area contributed by atoms with E-state index < -0.39 is 35.7 Å². The predicted octanol–water partition coefficient (Wildman–Crippen LogP) is 1.37. The van der Waals surface area contributed by atoms with Crippen LogP contribution < -0.4 is 0 Å². The van der Waals surface area contributed by atoms with Gasteiger partial charge in [0.15, 0.2) is 0 Å². The molecule has 0 spiro atoms. The quantitative estimate of drug-likeness (QED) is 0.605. The lowest BCUT2D eigenvalue weighted by Crippen LogP contribution is -2.30. The molecule has 8 heteroatoms. The third-order valence-electron chi connectivity index (χ3n) is 3.80. The lowest BCUT2D eigenvalue weighted by atomic mass is 9.84. The minimum Gasteiger partial charge on any atom is -0.481 e. The summed E-state index contributed by atoms with van der Waals surface area (Å²) in [6.07, 6.45) is 2.60. The zero-order chi connectivity index (χ0) is 17.6. The summed E-state index contributed by atoms with van der Waals surface area (Å²) >= 11 is 0. The van der Waals surface area contributed by atoms with E-state index in [2.05, 4.69) is 0 Å². The van der Waals surface area contributed by atoms with Gasteiger partial charge in [0.2, 0.25) is 0 Å². The van der Waals surface area contributed by atoms with Crippen LogP contribution in [0.15, 0.2) is 23.3 Å². The van der Waals surface area contributed by atoms with Gasteiger partial charge in [0.1, 0.15) is 0 Å². The van der Waals surface area contributed by atoms with Crippen LogP contribution in [0.2, 0.25) is 0 Å². The maximum Gasteiger partial charge on any atom is 0.336 e. The van der Waals surface area contributed by atoms with Gasteiger partial charge < -0.3 is 20.4 Å². The average Bonchev–Trinajstić information content (AvgIpc) is 2.48. The summed E-state index contributed by atoms with van der Waals surface area (Å²) < 4.78 is 0. The summed E-state index contributed by atoms with van der Waals surface area (Å²) in [5, 5.41) is 36.7. The number of hydrogen-bond acceptors (Lipinski definition) is 4. The number of hydrogen-bond donors (Lipinski definition) is 4. The molecule has 0 saturated heterocycles. The number of carboxylic acids is 4. The molecule has 8 nitrogen and oxygen atoms in total. The first kappa shape index (κ1) is 18.4. The highest BCUT2D eigenvalue weighted by Gasteiger charge is 2.33. The SMILES string of the molecule is O=C(O)C1=C(C(=O)O)CCCC(C(=O)O)C(C(=O)O)CCC=C1. The molecule has 4 N–H and O–H groups in total. The maximum atomic E-state index is 11.3. The van der Waals surface area contributed by atoms with Gasteiger partial charge in [0, 0.05) is 0 Å². The normalized spacial score (nSPS) is 23.0. The zero-order valence-corrected chi connectivity index (χ0v) is 12.3. The molecule has 0 aromatic rings. The Bertz CT molecular complexity index is 572. The minimum atomic E-state index is -1.39. The third-order valence-corrected chi connectivity index (χ3v) is 3.80. The molecule has 0 amide bonds. The Balaban J connectivity index is 3.17. The average molecular weight is 326 g/mol. The summed E-state index contributed by atoms with van der Waals surface area (Å²) in [7, 11) is 0. The first-order chi connectivity index (χ1) is 10.8. The third kappa shape index (κ3) is 4.94. The fourth-order valence-electron chi connectivity index (χ4n) is 2.63.